The van der Waals surface area contributed by atoms with Crippen molar-refractivity contribution < 1.29 is 15.6 Å². The lowest BCUT2D eigenvalue weighted by Crippen LogP contribution is -2.51. The van der Waals surface area contributed by atoms with Crippen LogP contribution in [0.1, 0.15) is 29.7 Å². The fraction of sp³-hybridized carbons (Fsp3) is 0.235. The summed E-state index contributed by atoms with van der Waals surface area (Å²) in [4.78, 5) is 10.2. The zero-order valence-electron chi connectivity index (χ0n) is 12.0. The summed E-state index contributed by atoms with van der Waals surface area (Å²) in [7, 11) is 0. The molecule has 2 rings (SSSR count). The van der Waals surface area contributed by atoms with Crippen molar-refractivity contribution in [2.24, 2.45) is 0 Å². The molecule has 0 fully saturated rings. The van der Waals surface area contributed by atoms with E-state index in [1.807, 2.05) is 43.3 Å². The van der Waals surface area contributed by atoms with Crippen molar-refractivity contribution in [3.8, 4) is 0 Å². The number of rotatable bonds is 3. The summed E-state index contributed by atoms with van der Waals surface area (Å²) >= 11 is 0. The van der Waals surface area contributed by atoms with E-state index in [-0.39, 0.29) is 6.42 Å². The number of carboxylic acid groups (broad SMARTS) is 1. The number of hydrogen-bond donors (Lipinski definition) is 1. The maximum absolute atomic E-state index is 10.2. The van der Waals surface area contributed by atoms with Crippen molar-refractivity contribution in [3.63, 3.8) is 0 Å². The number of benzene rings is 2. The van der Waals surface area contributed by atoms with Gasteiger partial charge in [0.15, 0.2) is 0 Å². The number of aryl methyl sites for hydroxylation is 1. The van der Waals surface area contributed by atoms with E-state index < -0.39 is 5.97 Å². The molecule has 0 bridgehead atoms. The fourth-order valence-corrected chi connectivity index (χ4v) is 1.75. The van der Waals surface area contributed by atoms with Crippen molar-refractivity contribution in [3.05, 3.63) is 71.3 Å². The highest BCUT2D eigenvalue weighted by Gasteiger charge is 1.97. The molecule has 0 aliphatic rings. The zero-order valence-corrected chi connectivity index (χ0v) is 12.0. The van der Waals surface area contributed by atoms with E-state index in [2.05, 4.69) is 24.8 Å². The first kappa shape index (κ1) is 15.9. The van der Waals surface area contributed by atoms with Crippen molar-refractivity contribution in [1.82, 2.24) is 0 Å². The van der Waals surface area contributed by atoms with Crippen LogP contribution < -0.4 is 10.8 Å². The topological polar surface area (TPSA) is 67.8 Å². The SMILES string of the molecule is C[C@H]([NH3+])c1ccccc1.Cc1ccccc1CC(=O)[O-]. The van der Waals surface area contributed by atoms with Gasteiger partial charge in [-0.15, -0.1) is 0 Å². The van der Waals surface area contributed by atoms with Gasteiger partial charge < -0.3 is 15.6 Å². The van der Waals surface area contributed by atoms with Crippen molar-refractivity contribution in [1.29, 1.82) is 0 Å². The summed E-state index contributed by atoms with van der Waals surface area (Å²) in [6.07, 6.45) is 0.00662. The zero-order chi connectivity index (χ0) is 15.0. The molecule has 0 unspecified atom stereocenters. The third-order valence-corrected chi connectivity index (χ3v) is 2.96. The van der Waals surface area contributed by atoms with Gasteiger partial charge in [0.05, 0.1) is 0 Å². The van der Waals surface area contributed by atoms with Gasteiger partial charge in [-0.3, -0.25) is 0 Å². The first-order valence-corrected chi connectivity index (χ1v) is 6.63. The Morgan fingerprint density at radius 3 is 2.10 bits per heavy atom. The van der Waals surface area contributed by atoms with E-state index in [0.29, 0.717) is 6.04 Å². The van der Waals surface area contributed by atoms with E-state index in [1.54, 1.807) is 6.07 Å². The summed E-state index contributed by atoms with van der Waals surface area (Å²) in [5, 5.41) is 10.2. The third-order valence-electron chi connectivity index (χ3n) is 2.96. The van der Waals surface area contributed by atoms with Gasteiger partial charge in [0.2, 0.25) is 0 Å². The lowest BCUT2D eigenvalue weighted by atomic mass is 10.1. The monoisotopic (exact) mass is 271 g/mol. The number of carboxylic acids is 1. The molecule has 0 heterocycles. The highest BCUT2D eigenvalue weighted by molar-refractivity contribution is 5.68. The minimum Gasteiger partial charge on any atom is -0.550 e. The largest absolute Gasteiger partial charge is 0.550 e. The molecule has 106 valence electrons. The highest BCUT2D eigenvalue weighted by atomic mass is 16.4. The Hall–Kier alpha value is -2.13. The maximum atomic E-state index is 10.2. The molecule has 0 radical (unpaired) electrons. The Kier molecular flexibility index (Phi) is 6.47. The average Bonchev–Trinajstić information content (AvgIpc) is 2.43. The number of hydrogen-bond acceptors (Lipinski definition) is 2. The van der Waals surface area contributed by atoms with Gasteiger partial charge in [0.1, 0.15) is 6.04 Å². The first-order valence-electron chi connectivity index (χ1n) is 6.63. The molecule has 3 heteroatoms. The predicted molar refractivity (Wildman–Crippen MR) is 77.6 cm³/mol. The van der Waals surface area contributed by atoms with Crippen LogP contribution in [0.25, 0.3) is 0 Å². The second kappa shape index (κ2) is 8.12. The van der Waals surface area contributed by atoms with Crippen LogP contribution in [0.3, 0.4) is 0 Å². The molecule has 0 amide bonds. The lowest BCUT2D eigenvalue weighted by Gasteiger charge is -2.04. The third kappa shape index (κ3) is 5.67. The van der Waals surface area contributed by atoms with Gasteiger partial charge in [-0.1, -0.05) is 54.6 Å². The Bertz CT molecular complexity index is 536. The summed E-state index contributed by atoms with van der Waals surface area (Å²) in [5.41, 5.74) is 7.04. The van der Waals surface area contributed by atoms with E-state index in [9.17, 15) is 9.90 Å². The molecule has 2 aromatic rings. The molecule has 20 heavy (non-hydrogen) atoms. The molecule has 0 saturated carbocycles. The van der Waals surface area contributed by atoms with E-state index >= 15 is 0 Å². The van der Waals surface area contributed by atoms with Crippen LogP contribution in [0.15, 0.2) is 54.6 Å². The van der Waals surface area contributed by atoms with Crippen LogP contribution in [0.4, 0.5) is 0 Å². The minimum absolute atomic E-state index is 0.00662. The molecule has 0 saturated heterocycles. The summed E-state index contributed by atoms with van der Waals surface area (Å²) < 4.78 is 0. The van der Waals surface area contributed by atoms with Gasteiger partial charge in [0, 0.05) is 18.0 Å². The summed E-state index contributed by atoms with van der Waals surface area (Å²) in [6, 6.07) is 18.1. The van der Waals surface area contributed by atoms with Gasteiger partial charge in [-0.05, 0) is 25.0 Å². The smallest absolute Gasteiger partial charge is 0.107 e. The molecular formula is C17H21NO2. The summed E-state index contributed by atoms with van der Waals surface area (Å²) in [5.74, 6) is -1.03. The molecule has 3 N–H and O–H groups in total. The normalized spacial score (nSPS) is 11.2. The van der Waals surface area contributed by atoms with Crippen LogP contribution >= 0.6 is 0 Å². The molecule has 2 aromatic carbocycles. The maximum Gasteiger partial charge on any atom is 0.107 e. The van der Waals surface area contributed by atoms with Crippen molar-refractivity contribution >= 4 is 5.97 Å². The number of quaternary nitrogens is 1. The van der Waals surface area contributed by atoms with Crippen LogP contribution in [0.5, 0.6) is 0 Å². The van der Waals surface area contributed by atoms with Crippen LogP contribution in [0, 0.1) is 6.92 Å². The molecular weight excluding hydrogens is 250 g/mol. The molecule has 0 aliphatic carbocycles. The Labute approximate surface area is 120 Å². The van der Waals surface area contributed by atoms with Crippen LogP contribution in [-0.2, 0) is 11.2 Å². The van der Waals surface area contributed by atoms with Crippen molar-refractivity contribution in [2.45, 2.75) is 26.3 Å². The van der Waals surface area contributed by atoms with Gasteiger partial charge in [-0.25, -0.2) is 0 Å². The number of carbonyl (C=O) groups is 1. The molecule has 0 spiro atoms. The second-order valence-corrected chi connectivity index (χ2v) is 4.79. The molecule has 1 atom stereocenters. The van der Waals surface area contributed by atoms with E-state index in [1.165, 1.54) is 5.56 Å². The van der Waals surface area contributed by atoms with Crippen LogP contribution in [-0.4, -0.2) is 5.97 Å². The Morgan fingerprint density at radius 2 is 1.65 bits per heavy atom. The standard InChI is InChI=1S/C9H10O2.C8H11N/c1-7-4-2-3-5-8(7)6-9(10)11;1-7(9)8-5-3-2-4-6-8/h2-5H,6H2,1H3,(H,10,11);2-7H,9H2,1H3/t;7-/m.0/s1. The van der Waals surface area contributed by atoms with E-state index in [0.717, 1.165) is 11.1 Å². The Balaban J connectivity index is 0.000000204. The van der Waals surface area contributed by atoms with E-state index in [4.69, 9.17) is 0 Å². The lowest BCUT2D eigenvalue weighted by molar-refractivity contribution is -0.420. The van der Waals surface area contributed by atoms with Crippen molar-refractivity contribution in [2.75, 3.05) is 0 Å². The predicted octanol–water partition coefficient (Wildman–Crippen LogP) is 1.28. The molecule has 0 aromatic heterocycles. The fourth-order valence-electron chi connectivity index (χ4n) is 1.75. The minimum atomic E-state index is -1.03. The molecule has 0 aliphatic heterocycles. The number of carbonyl (C=O) groups excluding carboxylic acids is 1. The first-order chi connectivity index (χ1) is 9.50. The average molecular weight is 271 g/mol. The Morgan fingerprint density at radius 1 is 1.10 bits per heavy atom. The van der Waals surface area contributed by atoms with Gasteiger partial charge in [-0.2, -0.15) is 0 Å². The van der Waals surface area contributed by atoms with Crippen LogP contribution in [0.2, 0.25) is 0 Å². The number of aliphatic carboxylic acids is 1. The second-order valence-electron chi connectivity index (χ2n) is 4.79. The molecule has 3 nitrogen and oxygen atoms in total. The summed E-state index contributed by atoms with van der Waals surface area (Å²) in [6.45, 7) is 3.98. The highest BCUT2D eigenvalue weighted by Crippen LogP contribution is 2.06. The van der Waals surface area contributed by atoms with Gasteiger partial charge in [0.25, 0.3) is 0 Å². The van der Waals surface area contributed by atoms with Gasteiger partial charge >= 0.3 is 0 Å². The quantitative estimate of drug-likeness (QED) is 0.913.